The first kappa shape index (κ1) is 16.3. The van der Waals surface area contributed by atoms with Crippen molar-refractivity contribution in [1.82, 2.24) is 0 Å². The molecule has 1 aliphatic heterocycles. The summed E-state index contributed by atoms with van der Waals surface area (Å²) in [7, 11) is 0. The second kappa shape index (κ2) is 6.59. The van der Waals surface area contributed by atoms with E-state index in [-0.39, 0.29) is 23.6 Å². The summed E-state index contributed by atoms with van der Waals surface area (Å²) in [5.74, 6) is -0.647. The normalized spacial score (nSPS) is 18.8. The van der Waals surface area contributed by atoms with Crippen LogP contribution in [0.3, 0.4) is 0 Å². The highest BCUT2D eigenvalue weighted by atomic mass is 16.2. The Morgan fingerprint density at radius 1 is 0.923 bits per heavy atom. The first-order valence-corrected chi connectivity index (χ1v) is 8.69. The van der Waals surface area contributed by atoms with Gasteiger partial charge >= 0.3 is 0 Å². The van der Waals surface area contributed by atoms with E-state index in [9.17, 15) is 14.4 Å². The quantitative estimate of drug-likeness (QED) is 0.679. The summed E-state index contributed by atoms with van der Waals surface area (Å²) in [6.45, 7) is 0. The standard InChI is InChI=1S/C21H18N2O3/c24-19(14-6-2-1-3-7-14)22-15-10-12-16(13-11-15)23-20(25)17-8-4-5-9-18(17)21(23)26/h1-2,4-5,8-14H,3,6-7H2,(H,22,24). The zero-order chi connectivity index (χ0) is 18.1. The molecule has 0 saturated carbocycles. The Balaban J connectivity index is 1.50. The van der Waals surface area contributed by atoms with Crippen LogP contribution in [0.5, 0.6) is 0 Å². The molecule has 130 valence electrons. The third kappa shape index (κ3) is 2.81. The molecule has 2 aliphatic rings. The number of nitrogens with one attached hydrogen (secondary N) is 1. The smallest absolute Gasteiger partial charge is 0.266 e. The van der Waals surface area contributed by atoms with Gasteiger partial charge in [0.05, 0.1) is 16.8 Å². The third-order valence-electron chi connectivity index (χ3n) is 4.83. The molecular formula is C21H18N2O3. The lowest BCUT2D eigenvalue weighted by Gasteiger charge is -2.18. The van der Waals surface area contributed by atoms with Gasteiger partial charge in [-0.05, 0) is 55.7 Å². The fraction of sp³-hybridized carbons (Fsp3) is 0.190. The summed E-state index contributed by atoms with van der Waals surface area (Å²) in [5.41, 5.74) is 1.99. The van der Waals surface area contributed by atoms with Crippen molar-refractivity contribution in [1.29, 1.82) is 0 Å². The maximum absolute atomic E-state index is 12.5. The lowest BCUT2D eigenvalue weighted by Crippen LogP contribution is -2.29. The molecule has 0 fully saturated rings. The molecule has 2 aromatic rings. The Morgan fingerprint density at radius 3 is 2.15 bits per heavy atom. The predicted molar refractivity (Wildman–Crippen MR) is 99.1 cm³/mol. The monoisotopic (exact) mass is 346 g/mol. The second-order valence-electron chi connectivity index (χ2n) is 6.51. The number of hydrogen-bond acceptors (Lipinski definition) is 3. The molecule has 0 aromatic heterocycles. The summed E-state index contributed by atoms with van der Waals surface area (Å²) >= 11 is 0. The van der Waals surface area contributed by atoms with Gasteiger partial charge in [0.2, 0.25) is 5.91 Å². The van der Waals surface area contributed by atoms with E-state index in [1.54, 1.807) is 48.5 Å². The maximum Gasteiger partial charge on any atom is 0.266 e. The summed E-state index contributed by atoms with van der Waals surface area (Å²) < 4.78 is 0. The number of nitrogens with zero attached hydrogens (tertiary/aromatic N) is 1. The number of amides is 3. The van der Waals surface area contributed by atoms with Crippen LogP contribution in [-0.4, -0.2) is 17.7 Å². The number of hydrogen-bond donors (Lipinski definition) is 1. The van der Waals surface area contributed by atoms with Gasteiger partial charge in [-0.1, -0.05) is 24.3 Å². The van der Waals surface area contributed by atoms with E-state index in [1.165, 1.54) is 4.90 Å². The number of carbonyl (C=O) groups is 3. The SMILES string of the molecule is O=C(Nc1ccc(N2C(=O)c3ccccc3C2=O)cc1)C1CC=CCC1. The van der Waals surface area contributed by atoms with Crippen LogP contribution in [-0.2, 0) is 4.79 Å². The van der Waals surface area contributed by atoms with Crippen molar-refractivity contribution in [3.05, 3.63) is 71.8 Å². The minimum atomic E-state index is -0.323. The minimum Gasteiger partial charge on any atom is -0.326 e. The first-order chi connectivity index (χ1) is 12.6. The number of anilines is 2. The molecule has 26 heavy (non-hydrogen) atoms. The number of benzene rings is 2. The van der Waals surface area contributed by atoms with Crippen LogP contribution in [0.25, 0.3) is 0 Å². The molecule has 1 atom stereocenters. The molecule has 1 aliphatic carbocycles. The summed E-state index contributed by atoms with van der Waals surface area (Å²) in [6.07, 6.45) is 6.69. The van der Waals surface area contributed by atoms with Crippen LogP contribution in [0.2, 0.25) is 0 Å². The molecule has 3 amide bonds. The van der Waals surface area contributed by atoms with E-state index in [2.05, 4.69) is 11.4 Å². The lowest BCUT2D eigenvalue weighted by molar-refractivity contribution is -0.120. The van der Waals surface area contributed by atoms with E-state index in [1.807, 2.05) is 6.08 Å². The number of carbonyl (C=O) groups excluding carboxylic acids is 3. The van der Waals surface area contributed by atoms with Gasteiger partial charge in [-0.2, -0.15) is 0 Å². The molecule has 1 heterocycles. The first-order valence-electron chi connectivity index (χ1n) is 8.69. The van der Waals surface area contributed by atoms with Crippen LogP contribution in [0, 0.1) is 5.92 Å². The fourth-order valence-electron chi connectivity index (χ4n) is 3.39. The third-order valence-corrected chi connectivity index (χ3v) is 4.83. The molecule has 5 nitrogen and oxygen atoms in total. The van der Waals surface area contributed by atoms with E-state index in [0.717, 1.165) is 19.3 Å². The Morgan fingerprint density at radius 2 is 1.58 bits per heavy atom. The zero-order valence-corrected chi connectivity index (χ0v) is 14.1. The van der Waals surface area contributed by atoms with Crippen LogP contribution in [0.4, 0.5) is 11.4 Å². The van der Waals surface area contributed by atoms with Gasteiger partial charge in [0.15, 0.2) is 0 Å². The van der Waals surface area contributed by atoms with Crippen molar-refractivity contribution in [2.45, 2.75) is 19.3 Å². The van der Waals surface area contributed by atoms with Crippen molar-refractivity contribution < 1.29 is 14.4 Å². The predicted octanol–water partition coefficient (Wildman–Crippen LogP) is 3.78. The highest BCUT2D eigenvalue weighted by Gasteiger charge is 2.36. The maximum atomic E-state index is 12.5. The highest BCUT2D eigenvalue weighted by Crippen LogP contribution is 2.29. The Hall–Kier alpha value is -3.21. The Kier molecular flexibility index (Phi) is 4.13. The van der Waals surface area contributed by atoms with Crippen molar-refractivity contribution in [2.24, 2.45) is 5.92 Å². The summed E-state index contributed by atoms with van der Waals surface area (Å²) in [5, 5.41) is 2.91. The van der Waals surface area contributed by atoms with E-state index >= 15 is 0 Å². The van der Waals surface area contributed by atoms with Gasteiger partial charge in [-0.25, -0.2) is 4.90 Å². The minimum absolute atomic E-state index is 0.00262. The molecule has 4 rings (SSSR count). The largest absolute Gasteiger partial charge is 0.326 e. The average Bonchev–Trinajstić information content (AvgIpc) is 2.94. The van der Waals surface area contributed by atoms with Crippen molar-refractivity contribution >= 4 is 29.1 Å². The molecule has 0 bridgehead atoms. The van der Waals surface area contributed by atoms with Gasteiger partial charge in [0.1, 0.15) is 0 Å². The Bertz CT molecular complexity index is 880. The average molecular weight is 346 g/mol. The van der Waals surface area contributed by atoms with Gasteiger partial charge in [-0.15, -0.1) is 0 Å². The van der Waals surface area contributed by atoms with E-state index < -0.39 is 0 Å². The Labute approximate surface area is 151 Å². The molecule has 1 unspecified atom stereocenters. The van der Waals surface area contributed by atoms with Crippen molar-refractivity contribution in [2.75, 3.05) is 10.2 Å². The van der Waals surface area contributed by atoms with Crippen LogP contribution >= 0.6 is 0 Å². The van der Waals surface area contributed by atoms with E-state index in [0.29, 0.717) is 22.5 Å². The molecule has 1 N–H and O–H groups in total. The summed E-state index contributed by atoms with van der Waals surface area (Å²) in [4.78, 5) is 38.5. The molecular weight excluding hydrogens is 328 g/mol. The number of allylic oxidation sites excluding steroid dienone is 2. The number of rotatable bonds is 3. The van der Waals surface area contributed by atoms with Gasteiger partial charge < -0.3 is 5.32 Å². The molecule has 0 radical (unpaired) electrons. The summed E-state index contributed by atoms with van der Waals surface area (Å²) in [6, 6.07) is 13.6. The van der Waals surface area contributed by atoms with Gasteiger partial charge in [-0.3, -0.25) is 14.4 Å². The van der Waals surface area contributed by atoms with Gasteiger partial charge in [0.25, 0.3) is 11.8 Å². The number of fused-ring (bicyclic) bond motifs is 1. The van der Waals surface area contributed by atoms with Crippen LogP contribution in [0.1, 0.15) is 40.0 Å². The fourth-order valence-corrected chi connectivity index (χ4v) is 3.39. The molecule has 0 saturated heterocycles. The topological polar surface area (TPSA) is 66.5 Å². The second-order valence-corrected chi connectivity index (χ2v) is 6.51. The van der Waals surface area contributed by atoms with Crippen molar-refractivity contribution in [3.63, 3.8) is 0 Å². The van der Waals surface area contributed by atoms with Crippen LogP contribution < -0.4 is 10.2 Å². The highest BCUT2D eigenvalue weighted by molar-refractivity contribution is 6.34. The zero-order valence-electron chi connectivity index (χ0n) is 14.1. The van der Waals surface area contributed by atoms with Crippen LogP contribution in [0.15, 0.2) is 60.7 Å². The molecule has 2 aromatic carbocycles. The molecule has 0 spiro atoms. The molecule has 5 heteroatoms. The van der Waals surface area contributed by atoms with E-state index in [4.69, 9.17) is 0 Å². The van der Waals surface area contributed by atoms with Crippen molar-refractivity contribution in [3.8, 4) is 0 Å². The van der Waals surface area contributed by atoms with Gasteiger partial charge in [0, 0.05) is 11.6 Å². The number of imide groups is 1. The lowest BCUT2D eigenvalue weighted by atomic mass is 9.93.